The van der Waals surface area contributed by atoms with Crippen molar-refractivity contribution in [1.82, 2.24) is 0 Å². The van der Waals surface area contributed by atoms with Crippen LogP contribution in [0.2, 0.25) is 0 Å². The normalized spacial score (nSPS) is 14.0. The number of ether oxygens (including phenoxy) is 2. The zero-order chi connectivity index (χ0) is 17.4. The summed E-state index contributed by atoms with van der Waals surface area (Å²) >= 11 is 0. The first-order valence-electron chi connectivity index (χ1n) is 7.93. The number of aliphatic hydroxyl groups is 4. The van der Waals surface area contributed by atoms with Gasteiger partial charge in [0.1, 0.15) is 12.2 Å². The molecule has 0 aliphatic heterocycles. The van der Waals surface area contributed by atoms with Crippen molar-refractivity contribution in [2.75, 3.05) is 39.6 Å². The van der Waals surface area contributed by atoms with E-state index in [1.807, 2.05) is 36.4 Å². The van der Waals surface area contributed by atoms with Gasteiger partial charge in [-0.2, -0.15) is 0 Å². The van der Waals surface area contributed by atoms with Gasteiger partial charge in [0, 0.05) is 0 Å². The average Bonchev–Trinajstić information content (AvgIpc) is 2.62. The van der Waals surface area contributed by atoms with Crippen molar-refractivity contribution in [3.05, 3.63) is 47.5 Å². The molecular formula is C18H24O6. The summed E-state index contributed by atoms with van der Waals surface area (Å²) in [6.07, 6.45) is -0.992. The van der Waals surface area contributed by atoms with E-state index in [1.54, 1.807) is 0 Å². The molecule has 0 radical (unpaired) electrons. The van der Waals surface area contributed by atoms with Crippen molar-refractivity contribution in [1.29, 1.82) is 0 Å². The first kappa shape index (κ1) is 18.8. The fraction of sp³-hybridized carbons (Fsp3) is 0.444. The second kappa shape index (κ2) is 9.68. The summed E-state index contributed by atoms with van der Waals surface area (Å²) in [5.41, 5.74) is 1.62. The minimum atomic E-state index is -0.496. The molecule has 2 atom stereocenters. The van der Waals surface area contributed by atoms with Gasteiger partial charge in [-0.25, -0.2) is 0 Å². The summed E-state index contributed by atoms with van der Waals surface area (Å²) in [6, 6.07) is 11.5. The fourth-order valence-corrected chi connectivity index (χ4v) is 2.58. The Morgan fingerprint density at radius 3 is 1.50 bits per heavy atom. The zero-order valence-corrected chi connectivity index (χ0v) is 13.5. The highest BCUT2D eigenvalue weighted by Gasteiger charge is 2.14. The molecule has 6 heteroatoms. The molecule has 0 heterocycles. The van der Waals surface area contributed by atoms with Crippen LogP contribution in [0, 0.1) is 0 Å². The van der Waals surface area contributed by atoms with E-state index in [4.69, 9.17) is 19.7 Å². The van der Waals surface area contributed by atoms with Crippen molar-refractivity contribution in [3.63, 3.8) is 0 Å². The Bertz CT molecular complexity index is 579. The highest BCUT2D eigenvalue weighted by molar-refractivity contribution is 5.84. The van der Waals surface area contributed by atoms with E-state index < -0.39 is 12.2 Å². The van der Waals surface area contributed by atoms with E-state index in [-0.39, 0.29) is 39.6 Å². The molecule has 4 N–H and O–H groups in total. The molecule has 0 aliphatic carbocycles. The Balaban J connectivity index is 2.28. The quantitative estimate of drug-likeness (QED) is 0.515. The minimum Gasteiger partial charge on any atom is -0.394 e. The lowest BCUT2D eigenvalue weighted by atomic mass is 10.00. The number of rotatable bonds is 10. The molecule has 0 aliphatic rings. The molecular weight excluding hydrogens is 312 g/mol. The highest BCUT2D eigenvalue weighted by atomic mass is 16.5. The molecule has 0 bridgehead atoms. The second-order valence-electron chi connectivity index (χ2n) is 5.40. The van der Waals surface area contributed by atoms with Crippen molar-refractivity contribution < 1.29 is 29.9 Å². The van der Waals surface area contributed by atoms with Gasteiger partial charge in [-0.3, -0.25) is 0 Å². The molecule has 0 fully saturated rings. The van der Waals surface area contributed by atoms with E-state index >= 15 is 0 Å². The molecule has 2 aromatic rings. The first-order valence-corrected chi connectivity index (χ1v) is 7.93. The predicted molar refractivity (Wildman–Crippen MR) is 89.7 cm³/mol. The molecule has 2 unspecified atom stereocenters. The Morgan fingerprint density at radius 1 is 0.667 bits per heavy atom. The Kier molecular flexibility index (Phi) is 7.58. The Labute approximate surface area is 140 Å². The average molecular weight is 336 g/mol. The molecule has 2 aromatic carbocycles. The van der Waals surface area contributed by atoms with Crippen LogP contribution in [0.5, 0.6) is 0 Å². The molecule has 6 nitrogen and oxygen atoms in total. The lowest BCUT2D eigenvalue weighted by molar-refractivity contribution is -0.00487. The standard InChI is InChI=1S/C18H24O6/c19-5-7-23-17(11-21)14-3-1-13-2-4-15(10-16(13)9-14)18(12-22)24-8-6-20/h1-4,9-10,17-22H,5-8,11-12H2. The molecule has 0 amide bonds. The van der Waals surface area contributed by atoms with Gasteiger partial charge < -0.3 is 29.9 Å². The lowest BCUT2D eigenvalue weighted by Gasteiger charge is -2.18. The third kappa shape index (κ3) is 4.73. The van der Waals surface area contributed by atoms with Gasteiger partial charge in [-0.15, -0.1) is 0 Å². The molecule has 2 rings (SSSR count). The van der Waals surface area contributed by atoms with Crippen LogP contribution < -0.4 is 0 Å². The summed E-state index contributed by atoms with van der Waals surface area (Å²) in [6.45, 7) is -0.243. The van der Waals surface area contributed by atoms with Crippen LogP contribution in [0.25, 0.3) is 10.8 Å². The highest BCUT2D eigenvalue weighted by Crippen LogP contribution is 2.26. The van der Waals surface area contributed by atoms with E-state index in [0.29, 0.717) is 0 Å². The predicted octanol–water partition coefficient (Wildman–Crippen LogP) is 0.924. The second-order valence-corrected chi connectivity index (χ2v) is 5.40. The molecule has 0 spiro atoms. The number of hydrogen-bond donors (Lipinski definition) is 4. The van der Waals surface area contributed by atoms with Crippen LogP contribution in [0.15, 0.2) is 36.4 Å². The summed E-state index contributed by atoms with van der Waals surface area (Å²) in [4.78, 5) is 0. The summed E-state index contributed by atoms with van der Waals surface area (Å²) in [5.74, 6) is 0. The van der Waals surface area contributed by atoms with Crippen molar-refractivity contribution >= 4 is 10.8 Å². The summed E-state index contributed by atoms with van der Waals surface area (Å²) in [7, 11) is 0. The smallest absolute Gasteiger partial charge is 0.106 e. The maximum absolute atomic E-state index is 9.47. The van der Waals surface area contributed by atoms with Crippen LogP contribution in [-0.4, -0.2) is 60.1 Å². The number of aliphatic hydroxyl groups excluding tert-OH is 4. The van der Waals surface area contributed by atoms with Crippen LogP contribution in [0.4, 0.5) is 0 Å². The van der Waals surface area contributed by atoms with E-state index in [2.05, 4.69) is 0 Å². The van der Waals surface area contributed by atoms with Gasteiger partial charge in [0.2, 0.25) is 0 Å². The van der Waals surface area contributed by atoms with Crippen LogP contribution in [0.1, 0.15) is 23.3 Å². The number of hydrogen-bond acceptors (Lipinski definition) is 6. The monoisotopic (exact) mass is 336 g/mol. The van der Waals surface area contributed by atoms with Gasteiger partial charge in [-0.05, 0) is 34.0 Å². The van der Waals surface area contributed by atoms with Crippen LogP contribution in [0.3, 0.4) is 0 Å². The number of benzene rings is 2. The third-order valence-corrected chi connectivity index (χ3v) is 3.78. The molecule has 0 saturated carbocycles. The van der Waals surface area contributed by atoms with Gasteiger partial charge >= 0.3 is 0 Å². The van der Waals surface area contributed by atoms with E-state index in [0.717, 1.165) is 21.9 Å². The van der Waals surface area contributed by atoms with Crippen LogP contribution >= 0.6 is 0 Å². The van der Waals surface area contributed by atoms with Crippen LogP contribution in [-0.2, 0) is 9.47 Å². The molecule has 0 aromatic heterocycles. The third-order valence-electron chi connectivity index (χ3n) is 3.78. The van der Waals surface area contributed by atoms with Gasteiger partial charge in [0.25, 0.3) is 0 Å². The molecule has 132 valence electrons. The largest absolute Gasteiger partial charge is 0.394 e. The summed E-state index contributed by atoms with van der Waals surface area (Å²) in [5, 5.41) is 38.6. The summed E-state index contributed by atoms with van der Waals surface area (Å²) < 4.78 is 10.9. The molecule has 0 saturated heterocycles. The maximum Gasteiger partial charge on any atom is 0.106 e. The topological polar surface area (TPSA) is 99.4 Å². The molecule has 24 heavy (non-hydrogen) atoms. The minimum absolute atomic E-state index is 0.103. The first-order chi connectivity index (χ1) is 11.7. The van der Waals surface area contributed by atoms with E-state index in [1.165, 1.54) is 0 Å². The van der Waals surface area contributed by atoms with Gasteiger partial charge in [-0.1, -0.05) is 24.3 Å². The van der Waals surface area contributed by atoms with Gasteiger partial charge in [0.15, 0.2) is 0 Å². The Morgan fingerprint density at radius 2 is 1.12 bits per heavy atom. The lowest BCUT2D eigenvalue weighted by Crippen LogP contribution is -2.12. The van der Waals surface area contributed by atoms with Crippen molar-refractivity contribution in [2.45, 2.75) is 12.2 Å². The zero-order valence-electron chi connectivity index (χ0n) is 13.5. The van der Waals surface area contributed by atoms with Crippen molar-refractivity contribution in [3.8, 4) is 0 Å². The number of fused-ring (bicyclic) bond motifs is 1. The fourth-order valence-electron chi connectivity index (χ4n) is 2.58. The maximum atomic E-state index is 9.47. The van der Waals surface area contributed by atoms with E-state index in [9.17, 15) is 10.2 Å². The van der Waals surface area contributed by atoms with Gasteiger partial charge in [0.05, 0.1) is 39.6 Å². The van der Waals surface area contributed by atoms with Crippen molar-refractivity contribution in [2.24, 2.45) is 0 Å². The SMILES string of the molecule is OCCOC(CO)c1ccc2ccc(C(CO)OCCO)cc2c1. The Hall–Kier alpha value is -1.54.